The van der Waals surface area contributed by atoms with E-state index in [4.69, 9.17) is 0 Å². The molecule has 0 atom stereocenters. The van der Waals surface area contributed by atoms with Gasteiger partial charge in [0.15, 0.2) is 5.96 Å². The fourth-order valence-corrected chi connectivity index (χ4v) is 2.47. The number of guanidine groups is 1. The van der Waals surface area contributed by atoms with Crippen LogP contribution >= 0.6 is 11.8 Å². The third-order valence-corrected chi connectivity index (χ3v) is 4.00. The predicted molar refractivity (Wildman–Crippen MR) is 95.5 cm³/mol. The minimum Gasteiger partial charge on any atom is -0.357 e. The average Bonchev–Trinajstić information content (AvgIpc) is 3.06. The Morgan fingerprint density at radius 3 is 2.50 bits per heavy atom. The second kappa shape index (κ2) is 9.20. The van der Waals surface area contributed by atoms with E-state index in [-0.39, 0.29) is 0 Å². The van der Waals surface area contributed by atoms with E-state index >= 15 is 0 Å². The Morgan fingerprint density at radius 2 is 1.86 bits per heavy atom. The van der Waals surface area contributed by atoms with Gasteiger partial charge in [0.1, 0.15) is 0 Å². The molecule has 0 bridgehead atoms. The number of nitrogens with zero attached hydrogens (tertiary/aromatic N) is 2. The average molecular weight is 316 g/mol. The summed E-state index contributed by atoms with van der Waals surface area (Å²) < 4.78 is 2.15. The fraction of sp³-hybridized carbons (Fsp3) is 0.353. The highest BCUT2D eigenvalue weighted by molar-refractivity contribution is 7.98. The molecule has 0 aliphatic carbocycles. The highest BCUT2D eigenvalue weighted by Crippen LogP contribution is 2.15. The molecule has 2 N–H and O–H groups in total. The summed E-state index contributed by atoms with van der Waals surface area (Å²) in [7, 11) is 0. The summed E-state index contributed by atoms with van der Waals surface area (Å²) in [6.45, 7) is 5.41. The summed E-state index contributed by atoms with van der Waals surface area (Å²) in [6, 6.07) is 12.6. The van der Waals surface area contributed by atoms with Crippen LogP contribution in [-0.4, -0.2) is 29.9 Å². The van der Waals surface area contributed by atoms with Gasteiger partial charge >= 0.3 is 0 Å². The van der Waals surface area contributed by atoms with Gasteiger partial charge in [0.05, 0.1) is 6.54 Å². The number of nitrogens with one attached hydrogen (secondary N) is 2. The molecule has 22 heavy (non-hydrogen) atoms. The summed E-state index contributed by atoms with van der Waals surface area (Å²) in [6.07, 6.45) is 6.23. The maximum Gasteiger partial charge on any atom is 0.191 e. The molecule has 0 aliphatic rings. The van der Waals surface area contributed by atoms with E-state index < -0.39 is 0 Å². The number of aliphatic imine (C=N–C) groups is 1. The monoisotopic (exact) mass is 316 g/mol. The van der Waals surface area contributed by atoms with E-state index in [9.17, 15) is 0 Å². The van der Waals surface area contributed by atoms with Crippen LogP contribution in [-0.2, 0) is 13.1 Å². The van der Waals surface area contributed by atoms with Crippen molar-refractivity contribution in [1.29, 1.82) is 0 Å². The molecule has 4 nitrogen and oxygen atoms in total. The molecule has 0 saturated carbocycles. The quantitative estimate of drug-likeness (QED) is 0.469. The first kappa shape index (κ1) is 16.5. The summed E-state index contributed by atoms with van der Waals surface area (Å²) >= 11 is 1.76. The molecule has 0 unspecified atom stereocenters. The van der Waals surface area contributed by atoms with Gasteiger partial charge in [-0.2, -0.15) is 0 Å². The Kier molecular flexibility index (Phi) is 6.90. The summed E-state index contributed by atoms with van der Waals surface area (Å²) in [4.78, 5) is 5.92. The molecule has 0 amide bonds. The number of hydrogen-bond donors (Lipinski definition) is 2. The Hall–Kier alpha value is -1.88. The standard InChI is InChI=1S/C17H24N4S/c1-3-18-17(19-10-13-21-11-4-5-12-21)20-14-15-6-8-16(22-2)9-7-15/h4-9,11-12H,3,10,13-14H2,1-2H3,(H2,18,19,20). The second-order valence-electron chi connectivity index (χ2n) is 4.89. The number of aromatic nitrogens is 1. The molecule has 2 rings (SSSR count). The van der Waals surface area contributed by atoms with Crippen LogP contribution in [0.4, 0.5) is 0 Å². The SMILES string of the molecule is CCNC(=NCc1ccc(SC)cc1)NCCn1cccc1. The molecular formula is C17H24N4S. The first-order valence-corrected chi connectivity index (χ1v) is 8.80. The zero-order valence-corrected chi connectivity index (χ0v) is 14.1. The molecule has 0 spiro atoms. The number of hydrogen-bond acceptors (Lipinski definition) is 2. The topological polar surface area (TPSA) is 41.4 Å². The lowest BCUT2D eigenvalue weighted by Crippen LogP contribution is -2.38. The lowest BCUT2D eigenvalue weighted by molar-refractivity contribution is 0.666. The van der Waals surface area contributed by atoms with Crippen molar-refractivity contribution in [2.45, 2.75) is 24.9 Å². The van der Waals surface area contributed by atoms with E-state index in [0.29, 0.717) is 6.54 Å². The van der Waals surface area contributed by atoms with E-state index in [0.717, 1.165) is 25.6 Å². The molecule has 1 heterocycles. The summed E-state index contributed by atoms with van der Waals surface area (Å²) in [5, 5.41) is 6.65. The lowest BCUT2D eigenvalue weighted by atomic mass is 10.2. The maximum absolute atomic E-state index is 4.64. The van der Waals surface area contributed by atoms with Crippen LogP contribution in [0.5, 0.6) is 0 Å². The van der Waals surface area contributed by atoms with Gasteiger partial charge in [0.25, 0.3) is 0 Å². The first-order valence-electron chi connectivity index (χ1n) is 7.57. The molecule has 0 aliphatic heterocycles. The van der Waals surface area contributed by atoms with Crippen LogP contribution in [0.1, 0.15) is 12.5 Å². The van der Waals surface area contributed by atoms with Crippen molar-refractivity contribution < 1.29 is 0 Å². The largest absolute Gasteiger partial charge is 0.357 e. The third kappa shape index (κ3) is 5.48. The van der Waals surface area contributed by atoms with Crippen LogP contribution in [0.2, 0.25) is 0 Å². The van der Waals surface area contributed by atoms with Crippen molar-refractivity contribution in [2.24, 2.45) is 4.99 Å². The van der Waals surface area contributed by atoms with Gasteiger partial charge in [-0.1, -0.05) is 12.1 Å². The van der Waals surface area contributed by atoms with Crippen molar-refractivity contribution in [1.82, 2.24) is 15.2 Å². The molecular weight excluding hydrogens is 292 g/mol. The van der Waals surface area contributed by atoms with E-state index in [1.165, 1.54) is 10.5 Å². The normalized spacial score (nSPS) is 11.5. The smallest absolute Gasteiger partial charge is 0.191 e. The lowest BCUT2D eigenvalue weighted by Gasteiger charge is -2.11. The summed E-state index contributed by atoms with van der Waals surface area (Å²) in [5.41, 5.74) is 1.22. The zero-order chi connectivity index (χ0) is 15.6. The highest BCUT2D eigenvalue weighted by Gasteiger charge is 1.98. The Morgan fingerprint density at radius 1 is 1.14 bits per heavy atom. The first-order chi connectivity index (χ1) is 10.8. The van der Waals surface area contributed by atoms with Gasteiger partial charge in [-0.3, -0.25) is 0 Å². The van der Waals surface area contributed by atoms with Crippen LogP contribution in [0.15, 0.2) is 58.7 Å². The van der Waals surface area contributed by atoms with Crippen molar-refractivity contribution in [3.8, 4) is 0 Å². The van der Waals surface area contributed by atoms with Gasteiger partial charge in [0, 0.05) is 36.9 Å². The number of benzene rings is 1. The Labute approximate surface area is 137 Å². The van der Waals surface area contributed by atoms with Crippen molar-refractivity contribution in [3.63, 3.8) is 0 Å². The predicted octanol–water partition coefficient (Wildman–Crippen LogP) is 2.97. The molecule has 1 aromatic heterocycles. The van der Waals surface area contributed by atoms with Crippen LogP contribution in [0.3, 0.4) is 0 Å². The minimum atomic E-state index is 0.688. The van der Waals surface area contributed by atoms with Gasteiger partial charge in [-0.05, 0) is 43.0 Å². The molecule has 118 valence electrons. The molecule has 5 heteroatoms. The van der Waals surface area contributed by atoms with Gasteiger partial charge in [-0.25, -0.2) is 4.99 Å². The van der Waals surface area contributed by atoms with Crippen LogP contribution in [0, 0.1) is 0 Å². The highest BCUT2D eigenvalue weighted by atomic mass is 32.2. The van der Waals surface area contributed by atoms with Crippen LogP contribution in [0.25, 0.3) is 0 Å². The van der Waals surface area contributed by atoms with E-state index in [1.807, 2.05) is 12.1 Å². The Bertz CT molecular complexity index is 561. The van der Waals surface area contributed by atoms with Crippen molar-refractivity contribution in [2.75, 3.05) is 19.3 Å². The van der Waals surface area contributed by atoms with Gasteiger partial charge in [-0.15, -0.1) is 11.8 Å². The van der Waals surface area contributed by atoms with Crippen molar-refractivity contribution >= 4 is 17.7 Å². The number of rotatable bonds is 7. The third-order valence-electron chi connectivity index (χ3n) is 3.25. The van der Waals surface area contributed by atoms with Crippen LogP contribution < -0.4 is 10.6 Å². The van der Waals surface area contributed by atoms with Gasteiger partial charge in [0.2, 0.25) is 0 Å². The molecule has 1 aromatic carbocycles. The van der Waals surface area contributed by atoms with E-state index in [2.05, 4.69) is 70.0 Å². The van der Waals surface area contributed by atoms with Crippen molar-refractivity contribution in [3.05, 3.63) is 54.4 Å². The van der Waals surface area contributed by atoms with Gasteiger partial charge < -0.3 is 15.2 Å². The van der Waals surface area contributed by atoms with E-state index in [1.54, 1.807) is 11.8 Å². The number of thioether (sulfide) groups is 1. The molecule has 0 saturated heterocycles. The maximum atomic E-state index is 4.64. The summed E-state index contributed by atoms with van der Waals surface area (Å²) in [5.74, 6) is 0.864. The molecule has 2 aromatic rings. The Balaban J connectivity index is 1.85. The second-order valence-corrected chi connectivity index (χ2v) is 5.77. The zero-order valence-electron chi connectivity index (χ0n) is 13.2. The fourth-order valence-electron chi connectivity index (χ4n) is 2.07. The molecule has 0 fully saturated rings. The molecule has 0 radical (unpaired) electrons. The minimum absolute atomic E-state index is 0.688.